The summed E-state index contributed by atoms with van der Waals surface area (Å²) < 4.78 is 0. The van der Waals surface area contributed by atoms with Crippen molar-refractivity contribution in [3.05, 3.63) is 36.5 Å². The smallest absolute Gasteiger partial charge is 0.253 e. The number of nitrogens with one attached hydrogen (secondary N) is 2. The van der Waals surface area contributed by atoms with Gasteiger partial charge in [-0.25, -0.2) is 4.98 Å². The number of hydrogen-bond donors (Lipinski definition) is 3. The molecule has 0 spiro atoms. The minimum absolute atomic E-state index is 0.379. The summed E-state index contributed by atoms with van der Waals surface area (Å²) in [5.41, 5.74) is 6.52. The first-order valence-corrected chi connectivity index (χ1v) is 8.94. The van der Waals surface area contributed by atoms with E-state index in [0.29, 0.717) is 17.9 Å². The Morgan fingerprint density at radius 1 is 1.32 bits per heavy atom. The van der Waals surface area contributed by atoms with Crippen LogP contribution in [0.5, 0.6) is 0 Å². The van der Waals surface area contributed by atoms with Crippen LogP contribution in [0.3, 0.4) is 0 Å². The molecular weight excluding hydrogens is 320 g/mol. The van der Waals surface area contributed by atoms with Crippen LogP contribution in [0.2, 0.25) is 0 Å². The topological polar surface area (TPSA) is 97.1 Å². The number of nitrogens with zero attached hydrogens (tertiary/aromatic N) is 1. The highest BCUT2D eigenvalue weighted by Gasteiger charge is 2.19. The van der Waals surface area contributed by atoms with Crippen LogP contribution in [0.25, 0.3) is 0 Å². The molecule has 0 unspecified atom stereocenters. The van der Waals surface area contributed by atoms with Gasteiger partial charge in [-0.3, -0.25) is 9.59 Å². The lowest BCUT2D eigenvalue weighted by molar-refractivity contribution is 0.549. The van der Waals surface area contributed by atoms with E-state index in [1.165, 1.54) is 0 Å². The average molecular weight is 340 g/mol. The van der Waals surface area contributed by atoms with Gasteiger partial charge >= 0.3 is 0 Å². The summed E-state index contributed by atoms with van der Waals surface area (Å²) in [6, 6.07) is 0. The van der Waals surface area contributed by atoms with E-state index in [1.807, 2.05) is 19.2 Å². The van der Waals surface area contributed by atoms with Gasteiger partial charge in [0, 0.05) is 30.5 Å². The van der Waals surface area contributed by atoms with Gasteiger partial charge in [-0.2, -0.15) is 11.8 Å². The van der Waals surface area contributed by atoms with Crippen molar-refractivity contribution in [2.75, 3.05) is 30.0 Å². The van der Waals surface area contributed by atoms with Gasteiger partial charge < -0.3 is 16.4 Å². The number of hydrogen-bond acceptors (Lipinski definition) is 8. The summed E-state index contributed by atoms with van der Waals surface area (Å²) in [5.74, 6) is 1.62. The zero-order chi connectivity index (χ0) is 16.3. The van der Waals surface area contributed by atoms with E-state index in [-0.39, 0.29) is 0 Å². The summed E-state index contributed by atoms with van der Waals surface area (Å²) in [6.45, 7) is 4.51. The second-order valence-electron chi connectivity index (χ2n) is 5.50. The Bertz CT molecular complexity index is 711. The molecule has 1 aromatic heterocycles. The third-order valence-electron chi connectivity index (χ3n) is 3.06. The zero-order valence-electron chi connectivity index (χ0n) is 12.9. The van der Waals surface area contributed by atoms with Crippen LogP contribution >= 0.6 is 23.1 Å². The fourth-order valence-electron chi connectivity index (χ4n) is 1.89. The van der Waals surface area contributed by atoms with Crippen molar-refractivity contribution < 1.29 is 0 Å². The molecular formula is C14H20N4O2S2. The summed E-state index contributed by atoms with van der Waals surface area (Å²) >= 11 is 3.30. The summed E-state index contributed by atoms with van der Waals surface area (Å²) in [7, 11) is 1.63. The zero-order valence-corrected chi connectivity index (χ0v) is 14.5. The Morgan fingerprint density at radius 3 is 2.59 bits per heavy atom. The molecule has 2 aromatic rings. The van der Waals surface area contributed by atoms with Gasteiger partial charge in [0.05, 0.1) is 11.2 Å². The number of aromatic nitrogens is 1. The third kappa shape index (κ3) is 3.68. The predicted octanol–water partition coefficient (Wildman–Crippen LogP) is 1.32. The van der Waals surface area contributed by atoms with Crippen LogP contribution in [-0.4, -0.2) is 24.3 Å². The standard InChI is InChI=1S/C14H20N4O2S2/c1-14(2,15)13-18-8(7-22-13)6-21-5-4-17-10-9(16-3)11(19)12(10)20/h7,16-17H,4-6,15H2,1-3H3. The SMILES string of the molecule is CNc1c(NCCSCc2csc(C(C)(C)N)n2)c(=O)c1=O. The summed E-state index contributed by atoms with van der Waals surface area (Å²) in [6.07, 6.45) is 0. The molecule has 0 aliphatic carbocycles. The highest BCUT2D eigenvalue weighted by molar-refractivity contribution is 7.98. The lowest BCUT2D eigenvalue weighted by Gasteiger charge is -2.14. The van der Waals surface area contributed by atoms with Crippen LogP contribution in [0, 0.1) is 0 Å². The number of nitrogens with two attached hydrogens (primary N) is 1. The molecule has 4 N–H and O–H groups in total. The number of anilines is 2. The molecule has 0 radical (unpaired) electrons. The van der Waals surface area contributed by atoms with Crippen LogP contribution < -0.4 is 27.2 Å². The first-order valence-electron chi connectivity index (χ1n) is 6.91. The van der Waals surface area contributed by atoms with Gasteiger partial charge in [-0.1, -0.05) is 0 Å². The van der Waals surface area contributed by atoms with Crippen molar-refractivity contribution >= 4 is 34.5 Å². The number of thiazole rings is 1. The molecule has 1 aromatic carbocycles. The van der Waals surface area contributed by atoms with Crippen LogP contribution in [0.15, 0.2) is 15.0 Å². The van der Waals surface area contributed by atoms with E-state index >= 15 is 0 Å². The maximum Gasteiger partial charge on any atom is 0.253 e. The van der Waals surface area contributed by atoms with Crippen LogP contribution in [0.4, 0.5) is 11.4 Å². The Hall–Kier alpha value is -1.38. The second kappa shape index (κ2) is 6.80. The van der Waals surface area contributed by atoms with E-state index in [9.17, 15) is 9.59 Å². The Balaban J connectivity index is 1.74. The molecule has 0 saturated carbocycles. The maximum atomic E-state index is 11.4. The fourth-order valence-corrected chi connectivity index (χ4v) is 3.60. The van der Waals surface area contributed by atoms with E-state index < -0.39 is 16.4 Å². The summed E-state index contributed by atoms with van der Waals surface area (Å²) in [4.78, 5) is 27.1. The number of rotatable bonds is 8. The van der Waals surface area contributed by atoms with Crippen molar-refractivity contribution in [3.63, 3.8) is 0 Å². The van der Waals surface area contributed by atoms with Gasteiger partial charge in [0.2, 0.25) is 0 Å². The third-order valence-corrected chi connectivity index (χ3v) is 5.28. The maximum absolute atomic E-state index is 11.4. The minimum atomic E-state index is -0.447. The lowest BCUT2D eigenvalue weighted by atomic mass is 10.1. The monoisotopic (exact) mass is 340 g/mol. The molecule has 0 saturated heterocycles. The van der Waals surface area contributed by atoms with E-state index in [4.69, 9.17) is 5.73 Å². The fraction of sp³-hybridized carbons (Fsp3) is 0.500. The van der Waals surface area contributed by atoms with Gasteiger partial charge in [0.1, 0.15) is 16.4 Å². The van der Waals surface area contributed by atoms with E-state index in [1.54, 1.807) is 30.1 Å². The lowest BCUT2D eigenvalue weighted by Crippen LogP contribution is -2.37. The quantitative estimate of drug-likeness (QED) is 0.492. The highest BCUT2D eigenvalue weighted by Crippen LogP contribution is 2.23. The molecule has 0 aliphatic heterocycles. The Kier molecular flexibility index (Phi) is 5.25. The van der Waals surface area contributed by atoms with Crippen LogP contribution in [-0.2, 0) is 11.3 Å². The predicted molar refractivity (Wildman–Crippen MR) is 94.9 cm³/mol. The van der Waals surface area contributed by atoms with Gasteiger partial charge in [0.15, 0.2) is 0 Å². The number of thioether (sulfide) groups is 1. The molecule has 0 aliphatic rings. The largest absolute Gasteiger partial charge is 0.383 e. The minimum Gasteiger partial charge on any atom is -0.383 e. The molecule has 8 heteroatoms. The van der Waals surface area contributed by atoms with Crippen LogP contribution in [0.1, 0.15) is 24.5 Å². The second-order valence-corrected chi connectivity index (χ2v) is 7.47. The van der Waals surface area contributed by atoms with Gasteiger partial charge in [-0.15, -0.1) is 11.3 Å². The molecule has 120 valence electrons. The summed E-state index contributed by atoms with van der Waals surface area (Å²) in [5, 5.41) is 8.70. The average Bonchev–Trinajstić information content (AvgIpc) is 2.94. The van der Waals surface area contributed by atoms with Crippen molar-refractivity contribution in [2.24, 2.45) is 5.73 Å². The Labute approximate surface area is 137 Å². The molecule has 0 fully saturated rings. The normalized spacial score (nSPS) is 11.8. The molecule has 2 rings (SSSR count). The first-order chi connectivity index (χ1) is 10.3. The van der Waals surface area contributed by atoms with Crippen molar-refractivity contribution in [1.29, 1.82) is 0 Å². The van der Waals surface area contributed by atoms with E-state index in [0.717, 1.165) is 22.2 Å². The van der Waals surface area contributed by atoms with Crippen molar-refractivity contribution in [2.45, 2.75) is 25.1 Å². The van der Waals surface area contributed by atoms with Crippen molar-refractivity contribution in [1.82, 2.24) is 4.98 Å². The molecule has 6 nitrogen and oxygen atoms in total. The first kappa shape index (κ1) is 17.0. The van der Waals surface area contributed by atoms with Gasteiger partial charge in [0.25, 0.3) is 10.9 Å². The molecule has 0 bridgehead atoms. The van der Waals surface area contributed by atoms with Crippen molar-refractivity contribution in [3.8, 4) is 0 Å². The van der Waals surface area contributed by atoms with E-state index in [2.05, 4.69) is 15.6 Å². The molecule has 0 atom stereocenters. The van der Waals surface area contributed by atoms with Gasteiger partial charge in [-0.05, 0) is 13.8 Å². The Morgan fingerprint density at radius 2 is 2.00 bits per heavy atom. The molecule has 0 amide bonds. The molecule has 22 heavy (non-hydrogen) atoms. The molecule has 1 heterocycles. The highest BCUT2D eigenvalue weighted by atomic mass is 32.2.